The predicted molar refractivity (Wildman–Crippen MR) is 321 cm³/mol. The largest absolute Gasteiger partial charge is 0.462 e. The molecule has 1 atom stereocenters. The SMILES string of the molecule is CC/C=C\C/C=C\C/C=C\C/C=C\C/C=C\CCCCCCCC(=O)OCC(COC(=O)CCCCCCC/C=C\C/C=C\CCCCCC)OC(=O)CCCCCCCCCCCCCCCCCCCCC. The van der Waals surface area contributed by atoms with Crippen LogP contribution in [-0.2, 0) is 28.6 Å². The first-order valence-corrected chi connectivity index (χ1v) is 31.6. The topological polar surface area (TPSA) is 78.9 Å². The van der Waals surface area contributed by atoms with E-state index >= 15 is 0 Å². The highest BCUT2D eigenvalue weighted by Crippen LogP contribution is 2.16. The number of hydrogen-bond acceptors (Lipinski definition) is 6. The molecule has 0 bridgehead atoms. The summed E-state index contributed by atoms with van der Waals surface area (Å²) in [7, 11) is 0. The van der Waals surface area contributed by atoms with E-state index in [4.69, 9.17) is 14.2 Å². The highest BCUT2D eigenvalue weighted by molar-refractivity contribution is 5.71. The van der Waals surface area contributed by atoms with Crippen molar-refractivity contribution in [3.05, 3.63) is 85.1 Å². The van der Waals surface area contributed by atoms with Gasteiger partial charge in [0.05, 0.1) is 0 Å². The Morgan fingerprint density at radius 1 is 0.284 bits per heavy atom. The van der Waals surface area contributed by atoms with E-state index in [-0.39, 0.29) is 31.1 Å². The lowest BCUT2D eigenvalue weighted by Gasteiger charge is -2.18. The minimum Gasteiger partial charge on any atom is -0.462 e. The molecule has 0 amide bonds. The molecular weight excluding hydrogens is 913 g/mol. The number of ether oxygens (including phenoxy) is 3. The maximum absolute atomic E-state index is 12.9. The smallest absolute Gasteiger partial charge is 0.306 e. The fraction of sp³-hybridized carbons (Fsp3) is 0.750. The van der Waals surface area contributed by atoms with Crippen LogP contribution < -0.4 is 0 Å². The van der Waals surface area contributed by atoms with Gasteiger partial charge >= 0.3 is 17.9 Å². The molecule has 74 heavy (non-hydrogen) atoms. The first-order valence-electron chi connectivity index (χ1n) is 31.6. The average molecular weight is 1030 g/mol. The minimum atomic E-state index is -0.791. The Hall–Kier alpha value is -3.41. The van der Waals surface area contributed by atoms with Crippen molar-refractivity contribution in [2.24, 2.45) is 0 Å². The van der Waals surface area contributed by atoms with Crippen LogP contribution in [0.5, 0.6) is 0 Å². The number of hydrogen-bond donors (Lipinski definition) is 0. The number of carbonyl (C=O) groups is 3. The fourth-order valence-electron chi connectivity index (χ4n) is 8.91. The normalized spacial score (nSPS) is 12.6. The van der Waals surface area contributed by atoms with Crippen LogP contribution in [-0.4, -0.2) is 37.2 Å². The number of carbonyl (C=O) groups excluding carboxylic acids is 3. The van der Waals surface area contributed by atoms with Crippen molar-refractivity contribution in [3.63, 3.8) is 0 Å². The summed E-state index contributed by atoms with van der Waals surface area (Å²) in [5.41, 5.74) is 0. The number of unbranched alkanes of at least 4 members (excludes halogenated alkanes) is 32. The Morgan fingerprint density at radius 2 is 0.527 bits per heavy atom. The molecule has 0 spiro atoms. The van der Waals surface area contributed by atoms with Gasteiger partial charge in [-0.1, -0.05) is 279 Å². The van der Waals surface area contributed by atoms with Crippen LogP contribution in [0, 0.1) is 0 Å². The van der Waals surface area contributed by atoms with Crippen LogP contribution >= 0.6 is 0 Å². The molecule has 0 heterocycles. The second kappa shape index (κ2) is 62.1. The second-order valence-electron chi connectivity index (χ2n) is 20.9. The van der Waals surface area contributed by atoms with E-state index in [2.05, 4.69) is 106 Å². The zero-order valence-corrected chi connectivity index (χ0v) is 48.8. The molecular formula is C68H118O6. The Kier molecular flexibility index (Phi) is 59.3. The van der Waals surface area contributed by atoms with E-state index in [1.54, 1.807) is 0 Å². The monoisotopic (exact) mass is 1030 g/mol. The van der Waals surface area contributed by atoms with Crippen molar-refractivity contribution >= 4 is 17.9 Å². The van der Waals surface area contributed by atoms with Gasteiger partial charge < -0.3 is 14.2 Å². The summed E-state index contributed by atoms with van der Waals surface area (Å²) in [6.07, 6.45) is 81.5. The highest BCUT2D eigenvalue weighted by atomic mass is 16.6. The van der Waals surface area contributed by atoms with E-state index < -0.39 is 6.10 Å². The van der Waals surface area contributed by atoms with Gasteiger partial charge in [0.2, 0.25) is 0 Å². The standard InChI is InChI=1S/C68H118O6/c1-4-7-10-13-16-19-22-25-28-31-33-34-36-37-40-43-46-49-52-55-58-61-67(70)73-64-65(63-72-66(69)60-57-54-51-48-45-42-39-30-27-24-21-18-15-12-9-6-3)74-68(71)62-59-56-53-50-47-44-41-38-35-32-29-26-23-20-17-14-11-8-5-2/h7,10,16,19,21,24-25,28,30,33-34,37,39-40,65H,4-6,8-9,11-15,17-18,20,22-23,26-27,29,31-32,35-36,38,41-64H2,1-3H3/b10-7-,19-16-,24-21-,28-25-,34-33-,39-30-,40-37-. The summed E-state index contributed by atoms with van der Waals surface area (Å²) in [5.74, 6) is -0.905. The van der Waals surface area contributed by atoms with Crippen LogP contribution in [0.3, 0.4) is 0 Å². The van der Waals surface area contributed by atoms with Gasteiger partial charge in [0.1, 0.15) is 13.2 Å². The van der Waals surface area contributed by atoms with Crippen molar-refractivity contribution in [1.82, 2.24) is 0 Å². The van der Waals surface area contributed by atoms with Crippen molar-refractivity contribution < 1.29 is 28.6 Å². The molecule has 0 aromatic rings. The summed E-state index contributed by atoms with van der Waals surface area (Å²) in [5, 5.41) is 0. The number of esters is 3. The highest BCUT2D eigenvalue weighted by Gasteiger charge is 2.19. The third kappa shape index (κ3) is 59.5. The van der Waals surface area contributed by atoms with Gasteiger partial charge in [-0.25, -0.2) is 0 Å². The Bertz CT molecular complexity index is 1420. The van der Waals surface area contributed by atoms with Gasteiger partial charge in [-0.2, -0.15) is 0 Å². The lowest BCUT2D eigenvalue weighted by atomic mass is 10.0. The van der Waals surface area contributed by atoms with Crippen LogP contribution in [0.4, 0.5) is 0 Å². The zero-order chi connectivity index (χ0) is 53.6. The molecule has 0 aliphatic carbocycles. The quantitative estimate of drug-likeness (QED) is 0.0261. The Labute approximate surface area is 458 Å². The minimum absolute atomic E-state index is 0.0880. The fourth-order valence-corrected chi connectivity index (χ4v) is 8.91. The molecule has 0 aliphatic rings. The third-order valence-electron chi connectivity index (χ3n) is 13.6. The third-order valence-corrected chi connectivity index (χ3v) is 13.6. The molecule has 6 heteroatoms. The lowest BCUT2D eigenvalue weighted by molar-refractivity contribution is -0.167. The van der Waals surface area contributed by atoms with E-state index in [0.717, 1.165) is 128 Å². The van der Waals surface area contributed by atoms with Crippen molar-refractivity contribution in [2.75, 3.05) is 13.2 Å². The molecule has 1 unspecified atom stereocenters. The summed E-state index contributed by atoms with van der Waals surface area (Å²) in [4.78, 5) is 38.3. The molecule has 0 aromatic heterocycles. The maximum atomic E-state index is 12.9. The first kappa shape index (κ1) is 70.6. The molecule has 0 fully saturated rings. The molecule has 0 saturated heterocycles. The van der Waals surface area contributed by atoms with Gasteiger partial charge in [0, 0.05) is 19.3 Å². The summed E-state index contributed by atoms with van der Waals surface area (Å²) >= 11 is 0. The molecule has 6 nitrogen and oxygen atoms in total. The van der Waals surface area contributed by atoms with Gasteiger partial charge in [-0.15, -0.1) is 0 Å². The van der Waals surface area contributed by atoms with Crippen LogP contribution in [0.15, 0.2) is 85.1 Å². The Morgan fingerprint density at radius 3 is 0.838 bits per heavy atom. The average Bonchev–Trinajstić information content (AvgIpc) is 3.40. The van der Waals surface area contributed by atoms with Gasteiger partial charge in [-0.3, -0.25) is 14.4 Å². The van der Waals surface area contributed by atoms with E-state index in [0.29, 0.717) is 19.3 Å². The predicted octanol–water partition coefficient (Wildman–Crippen LogP) is 21.5. The maximum Gasteiger partial charge on any atom is 0.306 e. The van der Waals surface area contributed by atoms with Gasteiger partial charge in [-0.05, 0) is 96.3 Å². The van der Waals surface area contributed by atoms with E-state index in [9.17, 15) is 14.4 Å². The molecule has 0 aromatic carbocycles. The molecule has 0 saturated carbocycles. The number of rotatable bonds is 57. The molecule has 0 rings (SSSR count). The van der Waals surface area contributed by atoms with Crippen LogP contribution in [0.2, 0.25) is 0 Å². The molecule has 426 valence electrons. The van der Waals surface area contributed by atoms with Crippen molar-refractivity contribution in [3.8, 4) is 0 Å². The molecule has 0 aliphatic heterocycles. The van der Waals surface area contributed by atoms with Gasteiger partial charge in [0.15, 0.2) is 6.10 Å². The van der Waals surface area contributed by atoms with Crippen LogP contribution in [0.25, 0.3) is 0 Å². The number of allylic oxidation sites excluding steroid dienone is 14. The Balaban J connectivity index is 4.42. The van der Waals surface area contributed by atoms with Crippen LogP contribution in [0.1, 0.15) is 310 Å². The second-order valence-corrected chi connectivity index (χ2v) is 20.9. The van der Waals surface area contributed by atoms with Gasteiger partial charge in [0.25, 0.3) is 0 Å². The summed E-state index contributed by atoms with van der Waals surface area (Å²) in [6.45, 7) is 6.52. The van der Waals surface area contributed by atoms with E-state index in [1.165, 1.54) is 141 Å². The molecule has 0 N–H and O–H groups in total. The van der Waals surface area contributed by atoms with Crippen molar-refractivity contribution in [2.45, 2.75) is 316 Å². The first-order chi connectivity index (χ1) is 36.5. The molecule has 0 radical (unpaired) electrons. The lowest BCUT2D eigenvalue weighted by Crippen LogP contribution is -2.30. The zero-order valence-electron chi connectivity index (χ0n) is 48.8. The summed E-state index contributed by atoms with van der Waals surface area (Å²) < 4.78 is 16.9. The van der Waals surface area contributed by atoms with E-state index in [1.807, 2.05) is 0 Å². The van der Waals surface area contributed by atoms with Crippen molar-refractivity contribution in [1.29, 1.82) is 0 Å². The summed E-state index contributed by atoms with van der Waals surface area (Å²) in [6, 6.07) is 0.